The van der Waals surface area contributed by atoms with Crippen molar-refractivity contribution in [1.82, 2.24) is 0 Å². The minimum atomic E-state index is -3.01. The minimum absolute atomic E-state index is 0.0754. The fourth-order valence-corrected chi connectivity index (χ4v) is 14.9. The molecule has 382 valence electrons. The molecule has 20 heteroatoms. The number of aliphatic hydroxyl groups excluding tert-OH is 9. The summed E-state index contributed by atoms with van der Waals surface area (Å²) in [5.74, 6) is -5.42. The van der Waals surface area contributed by atoms with Crippen molar-refractivity contribution in [2.75, 3.05) is 13.2 Å². The number of hydrogen-bond acceptors (Lipinski definition) is 19. The fourth-order valence-electron chi connectivity index (χ4n) is 14.9. The number of carboxylic acid groups (broad SMARTS) is 1. The van der Waals surface area contributed by atoms with Crippen molar-refractivity contribution < 1.29 is 99.3 Å². The zero-order valence-corrected chi connectivity index (χ0v) is 39.4. The second-order valence-corrected chi connectivity index (χ2v) is 23.4. The molecule has 8 rings (SSSR count). The van der Waals surface area contributed by atoms with Crippen LogP contribution in [0.1, 0.15) is 113 Å². The number of hydrogen-bond donors (Lipinski definition) is 12. The number of carbonyl (C=O) groups excluding carboxylic acids is 1. The van der Waals surface area contributed by atoms with Crippen molar-refractivity contribution in [3.05, 3.63) is 11.6 Å². The summed E-state index contributed by atoms with van der Waals surface area (Å²) in [5, 5.41) is 127. The maximum atomic E-state index is 14.7. The molecule has 67 heavy (non-hydrogen) atoms. The van der Waals surface area contributed by atoms with Crippen molar-refractivity contribution in [3.63, 3.8) is 0 Å². The number of ether oxygens (including phenoxy) is 6. The van der Waals surface area contributed by atoms with Crippen molar-refractivity contribution >= 4 is 11.9 Å². The molecule has 3 saturated heterocycles. The topological polar surface area (TPSA) is 332 Å². The Kier molecular flexibility index (Phi) is 13.1. The van der Waals surface area contributed by atoms with Crippen LogP contribution in [0.5, 0.6) is 0 Å². The third-order valence-corrected chi connectivity index (χ3v) is 19.2. The van der Waals surface area contributed by atoms with Gasteiger partial charge in [0.2, 0.25) is 0 Å². The van der Waals surface area contributed by atoms with E-state index in [0.29, 0.717) is 51.4 Å². The van der Waals surface area contributed by atoms with Gasteiger partial charge in [0.15, 0.2) is 36.7 Å². The molecule has 20 nitrogen and oxygen atoms in total. The second-order valence-electron chi connectivity index (χ2n) is 23.4. The van der Waals surface area contributed by atoms with E-state index in [1.807, 2.05) is 0 Å². The number of carboxylic acids is 1. The number of esters is 1. The first kappa shape index (κ1) is 51.4. The molecule has 0 aromatic heterocycles. The van der Waals surface area contributed by atoms with Crippen LogP contribution in [-0.2, 0) is 38.0 Å². The van der Waals surface area contributed by atoms with Crippen molar-refractivity contribution in [1.29, 1.82) is 0 Å². The van der Waals surface area contributed by atoms with Gasteiger partial charge in [-0.2, -0.15) is 0 Å². The Labute approximate surface area is 389 Å². The highest BCUT2D eigenvalue weighted by atomic mass is 16.8. The summed E-state index contributed by atoms with van der Waals surface area (Å²) in [5.41, 5.74) is -4.07. The van der Waals surface area contributed by atoms with Crippen LogP contribution in [0.15, 0.2) is 11.6 Å². The average molecular weight is 959 g/mol. The van der Waals surface area contributed by atoms with Gasteiger partial charge in [0.25, 0.3) is 0 Å². The van der Waals surface area contributed by atoms with Gasteiger partial charge in [0.05, 0.1) is 24.7 Å². The molecule has 3 heterocycles. The summed E-state index contributed by atoms with van der Waals surface area (Å²) in [6.45, 7) is 13.6. The molecular weight excluding hydrogens is 884 g/mol. The van der Waals surface area contributed by atoms with E-state index in [9.17, 15) is 70.9 Å². The number of rotatable bonds is 9. The molecule has 0 aromatic rings. The Morgan fingerprint density at radius 2 is 1.43 bits per heavy atom. The van der Waals surface area contributed by atoms with Gasteiger partial charge in [-0.05, 0) is 109 Å². The first-order valence-corrected chi connectivity index (χ1v) is 23.9. The summed E-state index contributed by atoms with van der Waals surface area (Å²) in [7, 11) is 0. The largest absolute Gasteiger partial charge is 0.479 e. The lowest BCUT2D eigenvalue weighted by Gasteiger charge is -2.71. The van der Waals surface area contributed by atoms with E-state index < -0.39 is 127 Å². The number of aliphatic hydroxyl groups is 11. The van der Waals surface area contributed by atoms with E-state index in [-0.39, 0.29) is 39.4 Å². The third kappa shape index (κ3) is 7.60. The summed E-state index contributed by atoms with van der Waals surface area (Å²) < 4.78 is 34.0. The molecule has 4 saturated carbocycles. The lowest BCUT2D eigenvalue weighted by atomic mass is 9.33. The summed E-state index contributed by atoms with van der Waals surface area (Å²) in [6.07, 6.45) is -14.6. The van der Waals surface area contributed by atoms with E-state index in [4.69, 9.17) is 28.4 Å². The molecule has 0 bridgehead atoms. The molecule has 22 unspecified atom stereocenters. The number of carbonyl (C=O) groups is 2. The fraction of sp³-hybridized carbons (Fsp3) is 0.915. The Morgan fingerprint density at radius 3 is 2.07 bits per heavy atom. The van der Waals surface area contributed by atoms with E-state index in [1.165, 1.54) is 5.57 Å². The molecule has 5 aliphatic carbocycles. The van der Waals surface area contributed by atoms with Gasteiger partial charge in [-0.25, -0.2) is 4.79 Å². The predicted octanol–water partition coefficient (Wildman–Crippen LogP) is -0.488. The highest BCUT2D eigenvalue weighted by Crippen LogP contribution is 2.76. The van der Waals surface area contributed by atoms with Crippen LogP contribution in [0, 0.1) is 50.2 Å². The molecule has 0 aromatic carbocycles. The zero-order valence-electron chi connectivity index (χ0n) is 39.4. The molecule has 3 aliphatic heterocycles. The summed E-state index contributed by atoms with van der Waals surface area (Å²) >= 11 is 0. The minimum Gasteiger partial charge on any atom is -0.479 e. The van der Waals surface area contributed by atoms with Gasteiger partial charge in [-0.3, -0.25) is 4.79 Å². The normalized spacial score (nSPS) is 53.6. The number of aliphatic carboxylic acids is 1. The SMILES string of the molecule is CC1(C)CCC2(C(=O)OC3(O)OC(CO)C(O)C(O)C3O)CCC3(C)C(=CCC4C5(C)CCC(OC6OC(C(=O)O)C(OC7OC(O)C(O)C7(O)CO)C(O)C6O)C(C)(C)C5CCC43C)C2C1. The van der Waals surface area contributed by atoms with Gasteiger partial charge >= 0.3 is 17.9 Å². The van der Waals surface area contributed by atoms with Crippen LogP contribution in [0.2, 0.25) is 0 Å². The van der Waals surface area contributed by atoms with E-state index in [0.717, 1.165) is 12.8 Å². The molecule has 0 amide bonds. The number of fused-ring (bicyclic) bond motifs is 7. The van der Waals surface area contributed by atoms with Crippen LogP contribution in [0.4, 0.5) is 0 Å². The molecule has 22 atom stereocenters. The second kappa shape index (κ2) is 17.1. The molecule has 8 aliphatic rings. The van der Waals surface area contributed by atoms with Crippen LogP contribution < -0.4 is 0 Å². The van der Waals surface area contributed by atoms with Gasteiger partial charge < -0.3 is 89.7 Å². The Hall–Kier alpha value is -1.96. The van der Waals surface area contributed by atoms with Crippen LogP contribution in [-0.4, -0.2) is 178 Å². The summed E-state index contributed by atoms with van der Waals surface area (Å²) in [4.78, 5) is 27.3. The molecular formula is C47H74O20. The van der Waals surface area contributed by atoms with Gasteiger partial charge in [-0.15, -0.1) is 0 Å². The van der Waals surface area contributed by atoms with Crippen LogP contribution in [0.3, 0.4) is 0 Å². The quantitative estimate of drug-likeness (QED) is 0.0601. The van der Waals surface area contributed by atoms with Crippen molar-refractivity contribution in [2.45, 2.75) is 204 Å². The number of allylic oxidation sites excluding steroid dienone is 2. The summed E-state index contributed by atoms with van der Waals surface area (Å²) in [6, 6.07) is 0. The zero-order chi connectivity index (χ0) is 49.4. The van der Waals surface area contributed by atoms with Crippen LogP contribution in [0.25, 0.3) is 0 Å². The highest BCUT2D eigenvalue weighted by Gasteiger charge is 2.71. The predicted molar refractivity (Wildman–Crippen MR) is 227 cm³/mol. The lowest BCUT2D eigenvalue weighted by molar-refractivity contribution is -0.436. The van der Waals surface area contributed by atoms with E-state index >= 15 is 0 Å². The average Bonchev–Trinajstić information content (AvgIpc) is 3.47. The van der Waals surface area contributed by atoms with Crippen molar-refractivity contribution in [3.8, 4) is 0 Å². The van der Waals surface area contributed by atoms with Gasteiger partial charge in [-0.1, -0.05) is 60.1 Å². The Bertz CT molecular complexity index is 1930. The smallest absolute Gasteiger partial charge is 0.357 e. The van der Waals surface area contributed by atoms with E-state index in [1.54, 1.807) is 0 Å². The first-order valence-electron chi connectivity index (χ1n) is 23.9. The first-order chi connectivity index (χ1) is 31.0. The Balaban J connectivity index is 1.02. The van der Waals surface area contributed by atoms with Gasteiger partial charge in [0, 0.05) is 0 Å². The molecule has 0 spiro atoms. The molecule has 0 radical (unpaired) electrons. The standard InChI is InChI=1S/C47H74O20/c1-40(2)14-16-45(38(59)67-47(61)33(54)29(52)27(50)23(19-48)66-47)17-15-43(6)21(22(45)18-40)8-9-25-42(5)12-11-26(41(3,4)24(42)10-13-44(25,43)7)62-37-30(53)28(51)31(32(63-37)35(56)57)64-39-46(60,20-49)34(55)36(58)65-39/h8,22-34,36-37,39,48-55,58,60-61H,9-20H2,1-7H3,(H,56,57). The molecule has 12 N–H and O–H groups in total. The van der Waals surface area contributed by atoms with Gasteiger partial charge in [0.1, 0.15) is 42.7 Å². The maximum Gasteiger partial charge on any atom is 0.357 e. The lowest BCUT2D eigenvalue weighted by Crippen LogP contribution is -2.68. The molecule has 7 fully saturated rings. The Morgan fingerprint density at radius 1 is 0.761 bits per heavy atom. The highest BCUT2D eigenvalue weighted by molar-refractivity contribution is 5.79. The van der Waals surface area contributed by atoms with Crippen LogP contribution >= 0.6 is 0 Å². The third-order valence-electron chi connectivity index (χ3n) is 19.2. The monoisotopic (exact) mass is 958 g/mol. The maximum absolute atomic E-state index is 14.7. The van der Waals surface area contributed by atoms with Crippen molar-refractivity contribution in [2.24, 2.45) is 50.2 Å². The van der Waals surface area contributed by atoms with E-state index in [2.05, 4.69) is 54.5 Å².